The lowest BCUT2D eigenvalue weighted by atomic mass is 9.73. The lowest BCUT2D eigenvalue weighted by molar-refractivity contribution is 0.260. The standard InChI is InChI=1S/C17H23N3/c1-17(2,3)14-9-13-12(11-5-4-6-11)7-8-15(13)20-10-18-19-16(14)20/h9-12H,4-8H2,1-3H3. The molecule has 0 N–H and O–H groups in total. The molecule has 1 atom stereocenters. The van der Waals surface area contributed by atoms with Crippen molar-refractivity contribution in [2.45, 2.75) is 64.2 Å². The predicted octanol–water partition coefficient (Wildman–Crippen LogP) is 3.86. The van der Waals surface area contributed by atoms with E-state index >= 15 is 0 Å². The Hall–Kier alpha value is -1.38. The molecule has 0 aliphatic heterocycles. The van der Waals surface area contributed by atoms with E-state index in [2.05, 4.69) is 41.4 Å². The highest BCUT2D eigenvalue weighted by Gasteiger charge is 2.36. The smallest absolute Gasteiger partial charge is 0.164 e. The van der Waals surface area contributed by atoms with Crippen LogP contribution in [0.4, 0.5) is 0 Å². The summed E-state index contributed by atoms with van der Waals surface area (Å²) < 4.78 is 2.26. The van der Waals surface area contributed by atoms with Crippen molar-refractivity contribution in [1.82, 2.24) is 14.6 Å². The number of rotatable bonds is 1. The third-order valence-corrected chi connectivity index (χ3v) is 5.33. The zero-order valence-electron chi connectivity index (χ0n) is 12.7. The van der Waals surface area contributed by atoms with Gasteiger partial charge in [-0.25, -0.2) is 0 Å². The molecule has 2 aliphatic carbocycles. The average molecular weight is 269 g/mol. The fourth-order valence-corrected chi connectivity index (χ4v) is 3.98. The second kappa shape index (κ2) is 4.06. The second-order valence-corrected chi connectivity index (χ2v) is 7.57. The van der Waals surface area contributed by atoms with Gasteiger partial charge in [0.05, 0.1) is 0 Å². The molecule has 1 fully saturated rings. The van der Waals surface area contributed by atoms with E-state index in [9.17, 15) is 0 Å². The van der Waals surface area contributed by atoms with E-state index in [1.54, 1.807) is 5.56 Å². The molecule has 2 aliphatic rings. The number of aromatic nitrogens is 3. The first-order valence-corrected chi connectivity index (χ1v) is 7.91. The maximum atomic E-state index is 4.38. The molecule has 1 saturated carbocycles. The molecule has 0 saturated heterocycles. The topological polar surface area (TPSA) is 30.2 Å². The summed E-state index contributed by atoms with van der Waals surface area (Å²) in [5, 5.41) is 8.55. The largest absolute Gasteiger partial charge is 0.285 e. The number of hydrogen-bond donors (Lipinski definition) is 0. The summed E-state index contributed by atoms with van der Waals surface area (Å²) in [6.45, 7) is 6.82. The summed E-state index contributed by atoms with van der Waals surface area (Å²) >= 11 is 0. The first-order valence-electron chi connectivity index (χ1n) is 7.91. The lowest BCUT2D eigenvalue weighted by Gasteiger charge is -2.32. The third-order valence-electron chi connectivity index (χ3n) is 5.33. The fourth-order valence-electron chi connectivity index (χ4n) is 3.98. The lowest BCUT2D eigenvalue weighted by Crippen LogP contribution is -2.20. The highest BCUT2D eigenvalue weighted by Crippen LogP contribution is 2.47. The highest BCUT2D eigenvalue weighted by molar-refractivity contribution is 5.55. The molecule has 0 aromatic carbocycles. The van der Waals surface area contributed by atoms with Gasteiger partial charge >= 0.3 is 0 Å². The van der Waals surface area contributed by atoms with Crippen molar-refractivity contribution in [3.63, 3.8) is 0 Å². The number of aryl methyl sites for hydroxylation is 1. The van der Waals surface area contributed by atoms with Crippen molar-refractivity contribution in [1.29, 1.82) is 0 Å². The van der Waals surface area contributed by atoms with Crippen molar-refractivity contribution >= 4 is 5.65 Å². The Morgan fingerprint density at radius 1 is 1.20 bits per heavy atom. The van der Waals surface area contributed by atoms with Crippen LogP contribution in [0, 0.1) is 5.92 Å². The summed E-state index contributed by atoms with van der Waals surface area (Å²) in [5.41, 5.74) is 5.59. The molecule has 106 valence electrons. The molecule has 4 rings (SSSR count). The number of hydrogen-bond acceptors (Lipinski definition) is 2. The van der Waals surface area contributed by atoms with Crippen LogP contribution in [0.1, 0.15) is 69.2 Å². The zero-order chi connectivity index (χ0) is 13.9. The molecular formula is C17H23N3. The van der Waals surface area contributed by atoms with Gasteiger partial charge in [-0.3, -0.25) is 4.40 Å². The van der Waals surface area contributed by atoms with Crippen LogP contribution < -0.4 is 0 Å². The Kier molecular flexibility index (Phi) is 2.51. The van der Waals surface area contributed by atoms with Gasteiger partial charge in [-0.05, 0) is 54.6 Å². The van der Waals surface area contributed by atoms with Crippen molar-refractivity contribution in [2.24, 2.45) is 5.92 Å². The Bertz CT molecular complexity index is 659. The van der Waals surface area contributed by atoms with Gasteiger partial charge in [-0.2, -0.15) is 0 Å². The van der Waals surface area contributed by atoms with Crippen molar-refractivity contribution in [3.05, 3.63) is 29.2 Å². The minimum atomic E-state index is 0.121. The van der Waals surface area contributed by atoms with Crippen LogP contribution in [-0.2, 0) is 11.8 Å². The number of nitrogens with zero attached hydrogens (tertiary/aromatic N) is 3. The normalized spacial score (nSPS) is 23.1. The third kappa shape index (κ3) is 1.65. The molecule has 0 amide bonds. The Morgan fingerprint density at radius 2 is 2.00 bits per heavy atom. The van der Waals surface area contributed by atoms with Crippen LogP contribution in [0.3, 0.4) is 0 Å². The first kappa shape index (κ1) is 12.4. The Morgan fingerprint density at radius 3 is 2.65 bits per heavy atom. The molecule has 3 nitrogen and oxygen atoms in total. The van der Waals surface area contributed by atoms with E-state index < -0.39 is 0 Å². The predicted molar refractivity (Wildman–Crippen MR) is 80.1 cm³/mol. The van der Waals surface area contributed by atoms with E-state index in [0.717, 1.165) is 17.5 Å². The van der Waals surface area contributed by atoms with Gasteiger partial charge < -0.3 is 0 Å². The highest BCUT2D eigenvalue weighted by atomic mass is 15.2. The molecule has 0 spiro atoms. The van der Waals surface area contributed by atoms with Crippen molar-refractivity contribution in [2.75, 3.05) is 0 Å². The molecule has 2 aromatic rings. The van der Waals surface area contributed by atoms with E-state index in [0.29, 0.717) is 0 Å². The Labute approximate surface area is 120 Å². The van der Waals surface area contributed by atoms with Gasteiger partial charge in [0.25, 0.3) is 0 Å². The molecule has 0 radical (unpaired) electrons. The van der Waals surface area contributed by atoms with Crippen LogP contribution in [0.5, 0.6) is 0 Å². The van der Waals surface area contributed by atoms with Crippen LogP contribution in [0.15, 0.2) is 12.4 Å². The summed E-state index contributed by atoms with van der Waals surface area (Å²) in [6.07, 6.45) is 8.70. The van der Waals surface area contributed by atoms with Gasteiger partial charge in [0.1, 0.15) is 6.33 Å². The van der Waals surface area contributed by atoms with E-state index in [4.69, 9.17) is 0 Å². The average Bonchev–Trinajstić information content (AvgIpc) is 2.90. The maximum Gasteiger partial charge on any atom is 0.164 e. The van der Waals surface area contributed by atoms with Gasteiger partial charge in [0.2, 0.25) is 0 Å². The van der Waals surface area contributed by atoms with Gasteiger partial charge in [-0.15, -0.1) is 10.2 Å². The molecule has 20 heavy (non-hydrogen) atoms. The SMILES string of the molecule is CC(C)(C)c1cc2c(n3cnnc13)CCC2C1CCC1. The van der Waals surface area contributed by atoms with Gasteiger partial charge in [0.15, 0.2) is 5.65 Å². The van der Waals surface area contributed by atoms with Crippen LogP contribution >= 0.6 is 0 Å². The zero-order valence-corrected chi connectivity index (χ0v) is 12.7. The second-order valence-electron chi connectivity index (χ2n) is 7.57. The van der Waals surface area contributed by atoms with Crippen LogP contribution in [0.2, 0.25) is 0 Å². The van der Waals surface area contributed by atoms with E-state index in [1.165, 1.54) is 43.4 Å². The summed E-state index contributed by atoms with van der Waals surface area (Å²) in [5.74, 6) is 1.71. The van der Waals surface area contributed by atoms with Crippen molar-refractivity contribution in [3.8, 4) is 0 Å². The maximum absolute atomic E-state index is 4.38. The quantitative estimate of drug-likeness (QED) is 0.787. The molecular weight excluding hydrogens is 246 g/mol. The molecule has 2 heterocycles. The first-order chi connectivity index (χ1) is 9.55. The molecule has 0 bridgehead atoms. The van der Waals surface area contributed by atoms with Crippen LogP contribution in [0.25, 0.3) is 5.65 Å². The summed E-state index contributed by atoms with van der Waals surface area (Å²) in [7, 11) is 0. The fraction of sp³-hybridized carbons (Fsp3) is 0.647. The van der Waals surface area contributed by atoms with Crippen LogP contribution in [-0.4, -0.2) is 14.6 Å². The Balaban J connectivity index is 1.93. The molecule has 2 aromatic heterocycles. The number of pyridine rings is 1. The van der Waals surface area contributed by atoms with E-state index in [-0.39, 0.29) is 5.41 Å². The van der Waals surface area contributed by atoms with E-state index in [1.807, 2.05) is 6.33 Å². The molecule has 1 unspecified atom stereocenters. The van der Waals surface area contributed by atoms with Gasteiger partial charge in [0, 0.05) is 11.3 Å². The molecule has 3 heteroatoms. The summed E-state index contributed by atoms with van der Waals surface area (Å²) in [4.78, 5) is 0. The minimum Gasteiger partial charge on any atom is -0.285 e. The summed E-state index contributed by atoms with van der Waals surface area (Å²) in [6, 6.07) is 2.45. The minimum absolute atomic E-state index is 0.121. The monoisotopic (exact) mass is 269 g/mol. The van der Waals surface area contributed by atoms with Crippen molar-refractivity contribution < 1.29 is 0 Å². The number of fused-ring (bicyclic) bond motifs is 3. The van der Waals surface area contributed by atoms with Gasteiger partial charge in [-0.1, -0.05) is 27.2 Å².